The van der Waals surface area contributed by atoms with Crippen LogP contribution in [0.25, 0.3) is 21.8 Å². The van der Waals surface area contributed by atoms with Gasteiger partial charge in [-0.15, -0.1) is 0 Å². The van der Waals surface area contributed by atoms with Crippen LogP contribution < -0.4 is 11.1 Å². The number of rotatable bonds is 4. The van der Waals surface area contributed by atoms with Crippen LogP contribution in [0.3, 0.4) is 0 Å². The number of H-pyrrole nitrogens is 1. The number of aromatic nitrogens is 1. The van der Waals surface area contributed by atoms with Crippen molar-refractivity contribution in [3.63, 3.8) is 0 Å². The lowest BCUT2D eigenvalue weighted by Gasteiger charge is -2.11. The monoisotopic (exact) mass is 269 g/mol. The third-order valence-electron chi connectivity index (χ3n) is 3.68. The van der Waals surface area contributed by atoms with Gasteiger partial charge in [-0.3, -0.25) is 0 Å². The summed E-state index contributed by atoms with van der Waals surface area (Å²) in [6, 6.07) is 10.3. The quantitative estimate of drug-likeness (QED) is 0.434. The van der Waals surface area contributed by atoms with Crippen molar-refractivity contribution in [3.05, 3.63) is 35.9 Å². The van der Waals surface area contributed by atoms with Crippen molar-refractivity contribution >= 4 is 33.2 Å². The van der Waals surface area contributed by atoms with Crippen LogP contribution in [0.1, 0.15) is 12.0 Å². The molecule has 0 saturated carbocycles. The Kier molecular flexibility index (Phi) is 3.24. The number of aliphatic hydroxyl groups is 1. The summed E-state index contributed by atoms with van der Waals surface area (Å²) < 4.78 is 0. The number of aliphatic hydroxyl groups excluding tert-OH is 1. The average molecular weight is 269 g/mol. The Morgan fingerprint density at radius 1 is 1.30 bits per heavy atom. The summed E-state index contributed by atoms with van der Waals surface area (Å²) in [7, 11) is 0. The number of nitrogen functional groups attached to an aromatic ring is 1. The minimum atomic E-state index is 0.192. The molecule has 3 aromatic rings. The Morgan fingerprint density at radius 2 is 2.10 bits per heavy atom. The molecule has 0 aliphatic heterocycles. The van der Waals surface area contributed by atoms with E-state index in [0.29, 0.717) is 0 Å². The molecule has 3 rings (SSSR count). The average Bonchev–Trinajstić information content (AvgIpc) is 2.84. The minimum Gasteiger partial charge on any atom is -0.397 e. The van der Waals surface area contributed by atoms with Crippen LogP contribution >= 0.6 is 0 Å². The molecule has 20 heavy (non-hydrogen) atoms. The standard InChI is InChI=1S/C16H19N3O/c1-10-9-13(18-7-4-8-20)14-11-5-2-3-6-12(11)19-16(14)15(10)17/h2-3,5-6,9,18-20H,4,7-8,17H2,1H3. The topological polar surface area (TPSA) is 74.1 Å². The number of hydrogen-bond donors (Lipinski definition) is 4. The first kappa shape index (κ1) is 12.8. The van der Waals surface area contributed by atoms with Crippen molar-refractivity contribution in [2.75, 3.05) is 24.2 Å². The maximum Gasteiger partial charge on any atom is 0.0722 e. The van der Waals surface area contributed by atoms with Crippen LogP contribution in [0.2, 0.25) is 0 Å². The molecule has 0 spiro atoms. The summed E-state index contributed by atoms with van der Waals surface area (Å²) in [6.07, 6.45) is 0.729. The highest BCUT2D eigenvalue weighted by atomic mass is 16.3. The van der Waals surface area contributed by atoms with E-state index in [9.17, 15) is 0 Å². The van der Waals surface area contributed by atoms with Crippen LogP contribution in [-0.2, 0) is 0 Å². The zero-order chi connectivity index (χ0) is 14.1. The largest absolute Gasteiger partial charge is 0.397 e. The molecule has 4 heteroatoms. The number of hydrogen-bond acceptors (Lipinski definition) is 3. The molecule has 0 fully saturated rings. The van der Waals surface area contributed by atoms with Gasteiger partial charge in [-0.1, -0.05) is 18.2 Å². The molecule has 0 aliphatic rings. The van der Waals surface area contributed by atoms with Gasteiger partial charge in [0.05, 0.1) is 11.2 Å². The summed E-state index contributed by atoms with van der Waals surface area (Å²) in [4.78, 5) is 3.40. The maximum atomic E-state index is 8.92. The van der Waals surface area contributed by atoms with E-state index in [1.54, 1.807) is 0 Å². The second-order valence-corrected chi connectivity index (χ2v) is 5.08. The van der Waals surface area contributed by atoms with E-state index in [1.165, 1.54) is 5.39 Å². The van der Waals surface area contributed by atoms with Crippen LogP contribution in [-0.4, -0.2) is 23.2 Å². The van der Waals surface area contributed by atoms with Crippen LogP contribution in [0.4, 0.5) is 11.4 Å². The van der Waals surface area contributed by atoms with Crippen molar-refractivity contribution < 1.29 is 5.11 Å². The fourth-order valence-electron chi connectivity index (χ4n) is 2.63. The van der Waals surface area contributed by atoms with E-state index >= 15 is 0 Å². The number of fused-ring (bicyclic) bond motifs is 3. The predicted octanol–water partition coefficient (Wildman–Crippen LogP) is 3.01. The second-order valence-electron chi connectivity index (χ2n) is 5.08. The van der Waals surface area contributed by atoms with E-state index in [4.69, 9.17) is 10.8 Å². The first-order valence-corrected chi connectivity index (χ1v) is 6.86. The number of anilines is 2. The summed E-state index contributed by atoms with van der Waals surface area (Å²) in [5.41, 5.74) is 11.2. The maximum absolute atomic E-state index is 8.92. The van der Waals surface area contributed by atoms with Crippen molar-refractivity contribution in [2.45, 2.75) is 13.3 Å². The van der Waals surface area contributed by atoms with Gasteiger partial charge in [0.25, 0.3) is 0 Å². The molecule has 0 radical (unpaired) electrons. The van der Waals surface area contributed by atoms with Gasteiger partial charge < -0.3 is 21.1 Å². The summed E-state index contributed by atoms with van der Waals surface area (Å²) in [5.74, 6) is 0. The number of para-hydroxylation sites is 1. The van der Waals surface area contributed by atoms with Gasteiger partial charge in [-0.05, 0) is 31.0 Å². The van der Waals surface area contributed by atoms with Gasteiger partial charge in [0.2, 0.25) is 0 Å². The highest BCUT2D eigenvalue weighted by molar-refractivity contribution is 6.17. The number of benzene rings is 2. The van der Waals surface area contributed by atoms with Crippen molar-refractivity contribution in [3.8, 4) is 0 Å². The molecular weight excluding hydrogens is 250 g/mol. The Morgan fingerprint density at radius 3 is 2.90 bits per heavy atom. The number of aryl methyl sites for hydroxylation is 1. The minimum absolute atomic E-state index is 0.192. The highest BCUT2D eigenvalue weighted by Gasteiger charge is 2.12. The molecule has 0 aliphatic carbocycles. The van der Waals surface area contributed by atoms with Crippen LogP contribution in [0.15, 0.2) is 30.3 Å². The first-order chi connectivity index (χ1) is 9.72. The van der Waals surface area contributed by atoms with Crippen LogP contribution in [0, 0.1) is 6.92 Å². The zero-order valence-electron chi connectivity index (χ0n) is 11.5. The number of aromatic amines is 1. The molecule has 0 bridgehead atoms. The number of nitrogens with two attached hydrogens (primary N) is 1. The number of nitrogens with one attached hydrogen (secondary N) is 2. The molecule has 104 valence electrons. The molecule has 1 aromatic heterocycles. The lowest BCUT2D eigenvalue weighted by atomic mass is 10.1. The first-order valence-electron chi connectivity index (χ1n) is 6.86. The molecule has 0 saturated heterocycles. The van der Waals surface area contributed by atoms with E-state index in [0.717, 1.165) is 46.3 Å². The van der Waals surface area contributed by atoms with E-state index in [2.05, 4.69) is 28.5 Å². The second kappa shape index (κ2) is 5.06. The Labute approximate surface area is 117 Å². The molecule has 4 nitrogen and oxygen atoms in total. The predicted molar refractivity (Wildman–Crippen MR) is 85.1 cm³/mol. The molecule has 1 heterocycles. The molecule has 0 amide bonds. The third kappa shape index (κ3) is 1.98. The fraction of sp³-hybridized carbons (Fsp3) is 0.250. The van der Waals surface area contributed by atoms with Gasteiger partial charge in [0, 0.05) is 35.1 Å². The van der Waals surface area contributed by atoms with Crippen LogP contribution in [0.5, 0.6) is 0 Å². The summed E-state index contributed by atoms with van der Waals surface area (Å²) in [6.45, 7) is 2.95. The molecule has 0 atom stereocenters. The van der Waals surface area contributed by atoms with Gasteiger partial charge in [-0.2, -0.15) is 0 Å². The van der Waals surface area contributed by atoms with E-state index < -0.39 is 0 Å². The van der Waals surface area contributed by atoms with Crippen molar-refractivity contribution in [1.29, 1.82) is 0 Å². The Balaban J connectivity index is 2.24. The van der Waals surface area contributed by atoms with E-state index in [1.807, 2.05) is 19.1 Å². The smallest absolute Gasteiger partial charge is 0.0722 e. The SMILES string of the molecule is Cc1cc(NCCCO)c2c([nH]c3ccccc32)c1N. The van der Waals surface area contributed by atoms with Crippen molar-refractivity contribution in [1.82, 2.24) is 4.98 Å². The summed E-state index contributed by atoms with van der Waals surface area (Å²) in [5, 5.41) is 14.6. The fourth-order valence-corrected chi connectivity index (χ4v) is 2.63. The lowest BCUT2D eigenvalue weighted by Crippen LogP contribution is -2.04. The normalized spacial score (nSPS) is 11.3. The zero-order valence-corrected chi connectivity index (χ0v) is 11.5. The Hall–Kier alpha value is -2.20. The van der Waals surface area contributed by atoms with Gasteiger partial charge in [0.1, 0.15) is 0 Å². The van der Waals surface area contributed by atoms with Gasteiger partial charge in [0.15, 0.2) is 0 Å². The third-order valence-corrected chi connectivity index (χ3v) is 3.68. The van der Waals surface area contributed by atoms with E-state index in [-0.39, 0.29) is 6.61 Å². The highest BCUT2D eigenvalue weighted by Crippen LogP contribution is 2.36. The van der Waals surface area contributed by atoms with Crippen molar-refractivity contribution in [2.24, 2.45) is 0 Å². The molecule has 0 unspecified atom stereocenters. The lowest BCUT2D eigenvalue weighted by molar-refractivity contribution is 0.292. The van der Waals surface area contributed by atoms with Gasteiger partial charge >= 0.3 is 0 Å². The van der Waals surface area contributed by atoms with Gasteiger partial charge in [-0.25, -0.2) is 0 Å². The summed E-state index contributed by atoms with van der Waals surface area (Å²) >= 11 is 0. The molecule has 5 N–H and O–H groups in total. The molecular formula is C16H19N3O. The Bertz CT molecular complexity index is 761. The molecule has 2 aromatic carbocycles.